The monoisotopic (exact) mass is 394 g/mol. The van der Waals surface area contributed by atoms with Crippen LogP contribution in [0.2, 0.25) is 0 Å². The topological polar surface area (TPSA) is 113 Å². The van der Waals surface area contributed by atoms with Crippen molar-refractivity contribution in [2.24, 2.45) is 0 Å². The van der Waals surface area contributed by atoms with Gasteiger partial charge in [-0.15, -0.1) is 21.5 Å². The molecule has 8 nitrogen and oxygen atoms in total. The Labute approximate surface area is 134 Å². The van der Waals surface area contributed by atoms with E-state index >= 15 is 0 Å². The highest BCUT2D eigenvalue weighted by molar-refractivity contribution is 9.11. The molecule has 2 heterocycles. The number of hydrogen-bond donors (Lipinski definition) is 3. The number of H-pyrrole nitrogens is 1. The van der Waals surface area contributed by atoms with Crippen LogP contribution in [0.4, 0.5) is 0 Å². The van der Waals surface area contributed by atoms with Crippen molar-refractivity contribution in [3.05, 3.63) is 20.6 Å². The van der Waals surface area contributed by atoms with Crippen LogP contribution in [0, 0.1) is 0 Å². The van der Waals surface area contributed by atoms with Crippen molar-refractivity contribution in [3.63, 3.8) is 0 Å². The second-order valence-corrected chi connectivity index (χ2v) is 8.73. The van der Waals surface area contributed by atoms with Crippen molar-refractivity contribution in [1.82, 2.24) is 30.7 Å². The number of thiophene rings is 1. The fraction of sp³-hybridized carbons (Fsp3) is 0.500. The fourth-order valence-electron chi connectivity index (χ4n) is 1.47. The van der Waals surface area contributed by atoms with E-state index in [4.69, 9.17) is 0 Å². The number of aromatic amines is 1. The van der Waals surface area contributed by atoms with Gasteiger partial charge >= 0.3 is 0 Å². The van der Waals surface area contributed by atoms with Gasteiger partial charge in [0.15, 0.2) is 5.82 Å². The van der Waals surface area contributed by atoms with Crippen molar-refractivity contribution in [2.45, 2.75) is 37.9 Å². The second-order valence-electron chi connectivity index (χ2n) is 4.54. The zero-order valence-electron chi connectivity index (χ0n) is 11.4. The minimum atomic E-state index is -3.62. The highest BCUT2D eigenvalue weighted by Gasteiger charge is 2.21. The van der Waals surface area contributed by atoms with E-state index in [0.717, 1.165) is 4.88 Å². The van der Waals surface area contributed by atoms with Gasteiger partial charge in [0.2, 0.25) is 10.0 Å². The smallest absolute Gasteiger partial charge is 0.242 e. The maximum Gasteiger partial charge on any atom is 0.242 e. The molecule has 0 saturated heterocycles. The fourth-order valence-corrected chi connectivity index (χ4v) is 5.08. The Morgan fingerprint density at radius 2 is 2.19 bits per heavy atom. The number of sulfonamides is 1. The molecule has 0 aliphatic carbocycles. The van der Waals surface area contributed by atoms with Crippen LogP contribution >= 0.6 is 27.3 Å². The third kappa shape index (κ3) is 4.54. The van der Waals surface area contributed by atoms with Crippen molar-refractivity contribution in [2.75, 3.05) is 0 Å². The van der Waals surface area contributed by atoms with E-state index in [-0.39, 0.29) is 17.3 Å². The zero-order valence-corrected chi connectivity index (χ0v) is 14.6. The van der Waals surface area contributed by atoms with Gasteiger partial charge < -0.3 is 5.32 Å². The molecule has 0 atom stereocenters. The van der Waals surface area contributed by atoms with Crippen LogP contribution in [-0.4, -0.2) is 35.1 Å². The van der Waals surface area contributed by atoms with Gasteiger partial charge in [0.05, 0.1) is 10.3 Å². The van der Waals surface area contributed by atoms with Gasteiger partial charge in [0.25, 0.3) is 0 Å². The van der Waals surface area contributed by atoms with E-state index in [0.29, 0.717) is 16.4 Å². The number of nitrogens with one attached hydrogen (secondary N) is 3. The molecule has 2 aromatic heterocycles. The van der Waals surface area contributed by atoms with Crippen LogP contribution in [-0.2, 0) is 23.1 Å². The average Bonchev–Trinajstić information content (AvgIpc) is 3.03. The van der Waals surface area contributed by atoms with E-state index in [1.807, 2.05) is 13.8 Å². The van der Waals surface area contributed by atoms with Crippen LogP contribution in [0.1, 0.15) is 24.5 Å². The summed E-state index contributed by atoms with van der Waals surface area (Å²) in [7, 11) is -3.62. The number of rotatable bonds is 7. The largest absolute Gasteiger partial charge is 0.310 e. The summed E-state index contributed by atoms with van der Waals surface area (Å²) < 4.78 is 27.5. The minimum Gasteiger partial charge on any atom is -0.310 e. The van der Waals surface area contributed by atoms with Gasteiger partial charge in [0, 0.05) is 17.5 Å². The van der Waals surface area contributed by atoms with Crippen LogP contribution in [0.5, 0.6) is 0 Å². The predicted octanol–water partition coefficient (Wildman–Crippen LogP) is 1.00. The van der Waals surface area contributed by atoms with Crippen molar-refractivity contribution < 1.29 is 8.42 Å². The van der Waals surface area contributed by atoms with Crippen LogP contribution in [0.3, 0.4) is 0 Å². The summed E-state index contributed by atoms with van der Waals surface area (Å²) >= 11 is 4.69. The molecule has 21 heavy (non-hydrogen) atoms. The maximum atomic E-state index is 12.3. The van der Waals surface area contributed by atoms with Gasteiger partial charge in [-0.1, -0.05) is 19.1 Å². The Balaban J connectivity index is 2.08. The summed E-state index contributed by atoms with van der Waals surface area (Å²) in [6.07, 6.45) is 0. The third-order valence-electron chi connectivity index (χ3n) is 2.49. The minimum absolute atomic E-state index is 0.0132. The summed E-state index contributed by atoms with van der Waals surface area (Å²) in [5.41, 5.74) is 0. The molecular formula is C10H15BrN6O2S2. The lowest BCUT2D eigenvalue weighted by Crippen LogP contribution is -2.24. The maximum absolute atomic E-state index is 12.3. The number of halogens is 1. The van der Waals surface area contributed by atoms with Gasteiger partial charge in [-0.3, -0.25) is 0 Å². The highest BCUT2D eigenvalue weighted by atomic mass is 79.9. The SMILES string of the molecule is CC(C)NCc1cc(S(=O)(=O)NCc2nn[nH]n2)c(Br)s1. The lowest BCUT2D eigenvalue weighted by Gasteiger charge is -2.05. The Morgan fingerprint density at radius 3 is 2.81 bits per heavy atom. The summed E-state index contributed by atoms with van der Waals surface area (Å²) in [5.74, 6) is 0.284. The van der Waals surface area contributed by atoms with Gasteiger partial charge in [0.1, 0.15) is 4.90 Å². The summed E-state index contributed by atoms with van der Waals surface area (Å²) in [5, 5.41) is 16.3. The zero-order chi connectivity index (χ0) is 15.5. The summed E-state index contributed by atoms with van der Waals surface area (Å²) in [6, 6.07) is 1.99. The van der Waals surface area contributed by atoms with E-state index in [1.54, 1.807) is 6.07 Å². The molecule has 0 unspecified atom stereocenters. The molecule has 116 valence electrons. The number of aromatic nitrogens is 4. The van der Waals surface area contributed by atoms with E-state index < -0.39 is 10.0 Å². The number of nitrogens with zero attached hydrogens (tertiary/aromatic N) is 3. The Kier molecular flexibility index (Phi) is 5.43. The van der Waals surface area contributed by atoms with Crippen molar-refractivity contribution in [1.29, 1.82) is 0 Å². The van der Waals surface area contributed by atoms with Crippen molar-refractivity contribution in [3.8, 4) is 0 Å². The molecule has 0 saturated carbocycles. The standard InChI is InChI=1S/C10H15BrN6O2S2/c1-6(2)12-4-7-3-8(10(11)20-7)21(18,19)13-5-9-14-16-17-15-9/h3,6,12-13H,4-5H2,1-2H3,(H,14,15,16,17). The Morgan fingerprint density at radius 1 is 1.43 bits per heavy atom. The Bertz CT molecular complexity index is 682. The summed E-state index contributed by atoms with van der Waals surface area (Å²) in [4.78, 5) is 1.16. The normalized spacial score (nSPS) is 12.2. The van der Waals surface area contributed by atoms with E-state index in [9.17, 15) is 8.42 Å². The molecule has 0 aliphatic heterocycles. The Hall–Kier alpha value is -0.880. The van der Waals surface area contributed by atoms with Gasteiger partial charge in [-0.2, -0.15) is 5.21 Å². The summed E-state index contributed by atoms with van der Waals surface area (Å²) in [6.45, 7) is 4.68. The first kappa shape index (κ1) is 16.5. The van der Waals surface area contributed by atoms with E-state index in [2.05, 4.69) is 46.6 Å². The quantitative estimate of drug-likeness (QED) is 0.645. The van der Waals surface area contributed by atoms with Gasteiger partial charge in [-0.25, -0.2) is 13.1 Å². The number of tetrazole rings is 1. The highest BCUT2D eigenvalue weighted by Crippen LogP contribution is 2.31. The lowest BCUT2D eigenvalue weighted by atomic mass is 10.4. The molecule has 0 fully saturated rings. The molecule has 0 spiro atoms. The molecule has 0 aromatic carbocycles. The van der Waals surface area contributed by atoms with E-state index in [1.165, 1.54) is 11.3 Å². The molecule has 0 bridgehead atoms. The van der Waals surface area contributed by atoms with Crippen molar-refractivity contribution >= 4 is 37.3 Å². The predicted molar refractivity (Wildman–Crippen MR) is 82.2 cm³/mol. The van der Waals surface area contributed by atoms with Crippen LogP contribution in [0.15, 0.2) is 14.7 Å². The first-order valence-corrected chi connectivity index (χ1v) is 9.21. The lowest BCUT2D eigenvalue weighted by molar-refractivity contribution is 0.578. The molecule has 0 amide bonds. The first-order chi connectivity index (χ1) is 9.88. The van der Waals surface area contributed by atoms with Gasteiger partial charge in [-0.05, 0) is 22.0 Å². The second kappa shape index (κ2) is 6.92. The molecule has 2 rings (SSSR count). The number of hydrogen-bond acceptors (Lipinski definition) is 7. The third-order valence-corrected chi connectivity index (χ3v) is 6.14. The molecule has 11 heteroatoms. The average molecular weight is 395 g/mol. The molecule has 3 N–H and O–H groups in total. The molecule has 2 aromatic rings. The van der Waals surface area contributed by atoms with Crippen LogP contribution < -0.4 is 10.0 Å². The molecular weight excluding hydrogens is 380 g/mol. The molecule has 0 aliphatic rings. The first-order valence-electron chi connectivity index (χ1n) is 6.12. The molecule has 0 radical (unpaired) electrons. The van der Waals surface area contributed by atoms with Crippen LogP contribution in [0.25, 0.3) is 0 Å².